The zero-order valence-corrected chi connectivity index (χ0v) is 9.37. The second-order valence-electron chi connectivity index (χ2n) is 4.68. The van der Waals surface area contributed by atoms with Crippen LogP contribution in [-0.2, 0) is 9.47 Å². The summed E-state index contributed by atoms with van der Waals surface area (Å²) in [4.78, 5) is 0. The zero-order valence-electron chi connectivity index (χ0n) is 9.37. The minimum atomic E-state index is -0.542. The van der Waals surface area contributed by atoms with Crippen molar-refractivity contribution in [2.24, 2.45) is 0 Å². The van der Waals surface area contributed by atoms with Crippen LogP contribution in [0.5, 0.6) is 0 Å². The number of aliphatic hydroxyl groups is 1. The number of morpholine rings is 1. The van der Waals surface area contributed by atoms with Crippen LogP contribution in [0.15, 0.2) is 0 Å². The predicted molar refractivity (Wildman–Crippen MR) is 56.8 cm³/mol. The number of ether oxygens (including phenoxy) is 2. The first-order chi connectivity index (χ1) is 7.22. The lowest BCUT2D eigenvalue weighted by atomic mass is 9.81. The fourth-order valence-corrected chi connectivity index (χ4v) is 2.63. The van der Waals surface area contributed by atoms with Crippen LogP contribution < -0.4 is 5.32 Å². The Labute approximate surface area is 90.9 Å². The topological polar surface area (TPSA) is 50.7 Å². The summed E-state index contributed by atoms with van der Waals surface area (Å²) < 4.78 is 10.8. The predicted octanol–water partition coefficient (Wildman–Crippen LogP) is 0.295. The number of piperidine rings is 1. The van der Waals surface area contributed by atoms with Gasteiger partial charge in [-0.25, -0.2) is 0 Å². The maximum Gasteiger partial charge on any atom is 0.0701 e. The SMILES string of the molecule is CCOCCC1(O)CC2COCC(C1)N2. The molecule has 0 aromatic carbocycles. The van der Waals surface area contributed by atoms with E-state index >= 15 is 0 Å². The molecule has 2 rings (SSSR count). The lowest BCUT2D eigenvalue weighted by molar-refractivity contribution is -0.0885. The van der Waals surface area contributed by atoms with E-state index in [-0.39, 0.29) is 0 Å². The van der Waals surface area contributed by atoms with Crippen LogP contribution in [0.4, 0.5) is 0 Å². The number of fused-ring (bicyclic) bond motifs is 2. The zero-order chi connectivity index (χ0) is 10.7. The highest BCUT2D eigenvalue weighted by Crippen LogP contribution is 2.30. The van der Waals surface area contributed by atoms with Crippen LogP contribution in [0.2, 0.25) is 0 Å². The lowest BCUT2D eigenvalue weighted by Gasteiger charge is -2.45. The second kappa shape index (κ2) is 4.78. The molecule has 0 aromatic heterocycles. The Morgan fingerprint density at radius 2 is 2.07 bits per heavy atom. The van der Waals surface area contributed by atoms with E-state index < -0.39 is 5.60 Å². The maximum absolute atomic E-state index is 10.4. The van der Waals surface area contributed by atoms with Crippen LogP contribution in [0, 0.1) is 0 Å². The molecule has 0 spiro atoms. The molecule has 88 valence electrons. The van der Waals surface area contributed by atoms with E-state index in [1.54, 1.807) is 0 Å². The van der Waals surface area contributed by atoms with Crippen molar-refractivity contribution in [3.63, 3.8) is 0 Å². The van der Waals surface area contributed by atoms with Gasteiger partial charge in [-0.2, -0.15) is 0 Å². The van der Waals surface area contributed by atoms with Crippen LogP contribution in [-0.4, -0.2) is 49.2 Å². The van der Waals surface area contributed by atoms with Crippen molar-refractivity contribution in [1.82, 2.24) is 5.32 Å². The normalized spacial score (nSPS) is 40.4. The highest BCUT2D eigenvalue weighted by molar-refractivity contribution is 4.97. The van der Waals surface area contributed by atoms with Gasteiger partial charge in [-0.3, -0.25) is 0 Å². The summed E-state index contributed by atoms with van der Waals surface area (Å²) in [6.07, 6.45) is 2.32. The summed E-state index contributed by atoms with van der Waals surface area (Å²) in [6, 6.07) is 0.647. The van der Waals surface area contributed by atoms with Crippen LogP contribution in [0.3, 0.4) is 0 Å². The highest BCUT2D eigenvalue weighted by atomic mass is 16.5. The van der Waals surface area contributed by atoms with Gasteiger partial charge in [-0.15, -0.1) is 0 Å². The molecule has 2 fully saturated rings. The van der Waals surface area contributed by atoms with Crippen molar-refractivity contribution in [1.29, 1.82) is 0 Å². The van der Waals surface area contributed by atoms with Gasteiger partial charge in [0.25, 0.3) is 0 Å². The first kappa shape index (κ1) is 11.3. The Balaban J connectivity index is 1.85. The van der Waals surface area contributed by atoms with Crippen molar-refractivity contribution in [2.45, 2.75) is 43.9 Å². The first-order valence-electron chi connectivity index (χ1n) is 5.86. The summed E-state index contributed by atoms with van der Waals surface area (Å²) in [5.41, 5.74) is -0.542. The average molecular weight is 215 g/mol. The number of hydrogen-bond acceptors (Lipinski definition) is 4. The molecule has 2 heterocycles. The molecule has 2 unspecified atom stereocenters. The fraction of sp³-hybridized carbons (Fsp3) is 1.00. The van der Waals surface area contributed by atoms with Gasteiger partial charge in [0, 0.05) is 25.3 Å². The van der Waals surface area contributed by atoms with Crippen molar-refractivity contribution < 1.29 is 14.6 Å². The molecule has 2 aliphatic heterocycles. The van der Waals surface area contributed by atoms with E-state index in [1.165, 1.54) is 0 Å². The fourth-order valence-electron chi connectivity index (χ4n) is 2.63. The molecule has 4 heteroatoms. The van der Waals surface area contributed by atoms with Gasteiger partial charge in [-0.1, -0.05) is 0 Å². The Kier molecular flexibility index (Phi) is 3.61. The summed E-state index contributed by atoms with van der Waals surface area (Å²) >= 11 is 0. The second-order valence-corrected chi connectivity index (χ2v) is 4.68. The number of nitrogens with one attached hydrogen (secondary N) is 1. The van der Waals surface area contributed by atoms with Crippen LogP contribution in [0.1, 0.15) is 26.2 Å². The molecular weight excluding hydrogens is 194 g/mol. The molecule has 2 bridgehead atoms. The molecule has 0 aromatic rings. The van der Waals surface area contributed by atoms with Gasteiger partial charge in [0.2, 0.25) is 0 Å². The van der Waals surface area contributed by atoms with E-state index in [9.17, 15) is 5.11 Å². The Hall–Kier alpha value is -0.160. The quantitative estimate of drug-likeness (QED) is 0.662. The standard InChI is InChI=1S/C11H21NO3/c1-2-14-4-3-11(13)5-9-7-15-8-10(6-11)12-9/h9-10,12-13H,2-8H2,1H3. The lowest BCUT2D eigenvalue weighted by Crippen LogP contribution is -2.60. The van der Waals surface area contributed by atoms with E-state index in [0.29, 0.717) is 18.7 Å². The van der Waals surface area contributed by atoms with Crippen LogP contribution >= 0.6 is 0 Å². The van der Waals surface area contributed by atoms with Gasteiger partial charge in [0.1, 0.15) is 0 Å². The Bertz CT molecular complexity index is 198. The summed E-state index contributed by atoms with van der Waals surface area (Å²) in [6.45, 7) is 4.83. The van der Waals surface area contributed by atoms with E-state index in [0.717, 1.165) is 39.1 Å². The van der Waals surface area contributed by atoms with E-state index in [1.807, 2.05) is 6.92 Å². The molecule has 4 nitrogen and oxygen atoms in total. The molecule has 2 N–H and O–H groups in total. The Morgan fingerprint density at radius 1 is 1.40 bits per heavy atom. The van der Waals surface area contributed by atoms with Gasteiger partial charge in [0.15, 0.2) is 0 Å². The molecule has 0 amide bonds. The minimum Gasteiger partial charge on any atom is -0.390 e. The molecule has 0 aliphatic carbocycles. The largest absolute Gasteiger partial charge is 0.390 e. The third-order valence-electron chi connectivity index (χ3n) is 3.28. The number of rotatable bonds is 4. The molecule has 2 saturated heterocycles. The number of hydrogen-bond donors (Lipinski definition) is 2. The highest BCUT2D eigenvalue weighted by Gasteiger charge is 2.40. The van der Waals surface area contributed by atoms with Crippen molar-refractivity contribution in [3.05, 3.63) is 0 Å². The van der Waals surface area contributed by atoms with Gasteiger partial charge in [0.05, 0.1) is 18.8 Å². The molecule has 15 heavy (non-hydrogen) atoms. The summed E-state index contributed by atoms with van der Waals surface area (Å²) in [5.74, 6) is 0. The average Bonchev–Trinajstić information content (AvgIpc) is 2.17. The van der Waals surface area contributed by atoms with Crippen molar-refractivity contribution >= 4 is 0 Å². The van der Waals surface area contributed by atoms with Gasteiger partial charge in [-0.05, 0) is 26.2 Å². The molecule has 2 atom stereocenters. The monoisotopic (exact) mass is 215 g/mol. The molecule has 2 aliphatic rings. The maximum atomic E-state index is 10.4. The van der Waals surface area contributed by atoms with Crippen LogP contribution in [0.25, 0.3) is 0 Å². The third-order valence-corrected chi connectivity index (χ3v) is 3.28. The summed E-state index contributed by atoms with van der Waals surface area (Å²) in [5, 5.41) is 13.9. The van der Waals surface area contributed by atoms with E-state index in [4.69, 9.17) is 9.47 Å². The molecule has 0 saturated carbocycles. The molecular formula is C11H21NO3. The smallest absolute Gasteiger partial charge is 0.0701 e. The van der Waals surface area contributed by atoms with Gasteiger partial charge >= 0.3 is 0 Å². The third kappa shape index (κ3) is 2.91. The summed E-state index contributed by atoms with van der Waals surface area (Å²) in [7, 11) is 0. The minimum absolute atomic E-state index is 0.323. The van der Waals surface area contributed by atoms with Crippen molar-refractivity contribution in [3.8, 4) is 0 Å². The Morgan fingerprint density at radius 3 is 2.67 bits per heavy atom. The van der Waals surface area contributed by atoms with Gasteiger partial charge < -0.3 is 19.9 Å². The first-order valence-corrected chi connectivity index (χ1v) is 5.86. The van der Waals surface area contributed by atoms with E-state index in [2.05, 4.69) is 5.32 Å². The van der Waals surface area contributed by atoms with Crippen molar-refractivity contribution in [2.75, 3.05) is 26.4 Å². The molecule has 0 radical (unpaired) electrons.